The molecule has 0 aromatic rings. The second-order valence-corrected chi connectivity index (χ2v) is 3.37. The molecule has 0 unspecified atom stereocenters. The van der Waals surface area contributed by atoms with Crippen LogP contribution in [-0.2, 0) is 14.2 Å². The van der Waals surface area contributed by atoms with Crippen LogP contribution in [0.3, 0.4) is 0 Å². The van der Waals surface area contributed by atoms with Crippen molar-refractivity contribution in [3.63, 3.8) is 0 Å². The summed E-state index contributed by atoms with van der Waals surface area (Å²) in [6.07, 6.45) is 0.958. The fourth-order valence-corrected chi connectivity index (χ4v) is 1.74. The molecule has 2 heterocycles. The van der Waals surface area contributed by atoms with Gasteiger partial charge in [-0.2, -0.15) is 0 Å². The zero-order chi connectivity index (χ0) is 7.90. The minimum atomic E-state index is -0.0637. The van der Waals surface area contributed by atoms with Crippen LogP contribution in [0.15, 0.2) is 0 Å². The zero-order valence-electron chi connectivity index (χ0n) is 7.00. The monoisotopic (exact) mass is 158 g/mol. The Labute approximate surface area is 66.6 Å². The fourth-order valence-electron chi connectivity index (χ4n) is 1.74. The van der Waals surface area contributed by atoms with Crippen molar-refractivity contribution in [2.75, 3.05) is 20.3 Å². The van der Waals surface area contributed by atoms with E-state index in [2.05, 4.69) is 6.92 Å². The summed E-state index contributed by atoms with van der Waals surface area (Å²) in [4.78, 5) is 0. The highest BCUT2D eigenvalue weighted by molar-refractivity contribution is 4.99. The first kappa shape index (κ1) is 7.53. The first-order chi connectivity index (χ1) is 5.28. The summed E-state index contributed by atoms with van der Waals surface area (Å²) in [5.74, 6) is 0.376. The van der Waals surface area contributed by atoms with Crippen molar-refractivity contribution in [3.05, 3.63) is 0 Å². The fraction of sp³-hybridized carbons (Fsp3) is 1.00. The highest BCUT2D eigenvalue weighted by Crippen LogP contribution is 2.43. The summed E-state index contributed by atoms with van der Waals surface area (Å²) in [5.41, 5.74) is 0.110. The van der Waals surface area contributed by atoms with E-state index in [0.717, 1.165) is 19.6 Å². The summed E-state index contributed by atoms with van der Waals surface area (Å²) in [6, 6.07) is 0. The summed E-state index contributed by atoms with van der Waals surface area (Å²) >= 11 is 0. The molecule has 2 fully saturated rings. The van der Waals surface area contributed by atoms with E-state index in [0.29, 0.717) is 5.92 Å². The van der Waals surface area contributed by atoms with Crippen LogP contribution in [0.5, 0.6) is 0 Å². The quantitative estimate of drug-likeness (QED) is 0.528. The Bertz CT molecular complexity index is 153. The Morgan fingerprint density at radius 3 is 2.82 bits per heavy atom. The van der Waals surface area contributed by atoms with Gasteiger partial charge in [0, 0.05) is 19.4 Å². The van der Waals surface area contributed by atoms with Crippen molar-refractivity contribution in [3.8, 4) is 0 Å². The van der Waals surface area contributed by atoms with E-state index in [1.165, 1.54) is 0 Å². The Morgan fingerprint density at radius 2 is 2.27 bits per heavy atom. The lowest BCUT2D eigenvalue weighted by molar-refractivity contribution is -0.193. The van der Waals surface area contributed by atoms with E-state index in [4.69, 9.17) is 14.2 Å². The highest BCUT2D eigenvalue weighted by Gasteiger charge is 2.54. The van der Waals surface area contributed by atoms with Crippen LogP contribution in [0.4, 0.5) is 0 Å². The lowest BCUT2D eigenvalue weighted by Crippen LogP contribution is -2.41. The molecule has 3 atom stereocenters. The van der Waals surface area contributed by atoms with Gasteiger partial charge in [0.2, 0.25) is 0 Å². The standard InChI is InChI=1S/C8H14O3/c1-6-7(9-2)10-4-3-8(6)5-11-8/h6-7H,3-5H2,1-2H3/t6-,7+,8-/m1/s1. The minimum Gasteiger partial charge on any atom is -0.369 e. The molecule has 2 aliphatic heterocycles. The maximum Gasteiger partial charge on any atom is 0.162 e. The molecule has 1 spiro atoms. The summed E-state index contributed by atoms with van der Waals surface area (Å²) in [7, 11) is 1.68. The number of hydrogen-bond acceptors (Lipinski definition) is 3. The van der Waals surface area contributed by atoms with Gasteiger partial charge in [0.05, 0.1) is 13.2 Å². The third-order valence-corrected chi connectivity index (χ3v) is 2.79. The molecule has 2 rings (SSSR count). The van der Waals surface area contributed by atoms with Gasteiger partial charge in [-0.1, -0.05) is 6.92 Å². The second-order valence-electron chi connectivity index (χ2n) is 3.37. The molecule has 0 bridgehead atoms. The maximum absolute atomic E-state index is 5.42. The van der Waals surface area contributed by atoms with Gasteiger partial charge in [-0.3, -0.25) is 0 Å². The van der Waals surface area contributed by atoms with Crippen LogP contribution in [0.25, 0.3) is 0 Å². The predicted molar refractivity (Wildman–Crippen MR) is 39.2 cm³/mol. The lowest BCUT2D eigenvalue weighted by Gasteiger charge is -2.32. The van der Waals surface area contributed by atoms with Crippen LogP contribution in [-0.4, -0.2) is 32.2 Å². The van der Waals surface area contributed by atoms with Crippen molar-refractivity contribution >= 4 is 0 Å². The Balaban J connectivity index is 2.04. The molecule has 11 heavy (non-hydrogen) atoms. The van der Waals surface area contributed by atoms with Crippen molar-refractivity contribution in [2.45, 2.75) is 25.2 Å². The molecule has 2 saturated heterocycles. The number of methoxy groups -OCH3 is 1. The minimum absolute atomic E-state index is 0.0637. The van der Waals surface area contributed by atoms with Gasteiger partial charge in [-0.25, -0.2) is 0 Å². The topological polar surface area (TPSA) is 31.0 Å². The Morgan fingerprint density at radius 1 is 1.55 bits per heavy atom. The largest absolute Gasteiger partial charge is 0.369 e. The lowest BCUT2D eigenvalue weighted by atomic mass is 9.89. The van der Waals surface area contributed by atoms with E-state index < -0.39 is 0 Å². The molecular weight excluding hydrogens is 144 g/mol. The van der Waals surface area contributed by atoms with Gasteiger partial charge in [0.1, 0.15) is 5.60 Å². The van der Waals surface area contributed by atoms with Gasteiger partial charge in [-0.15, -0.1) is 0 Å². The van der Waals surface area contributed by atoms with Crippen LogP contribution in [0.1, 0.15) is 13.3 Å². The average molecular weight is 158 g/mol. The highest BCUT2D eigenvalue weighted by atomic mass is 16.7. The van der Waals surface area contributed by atoms with E-state index in [-0.39, 0.29) is 11.9 Å². The van der Waals surface area contributed by atoms with Crippen LogP contribution >= 0.6 is 0 Å². The van der Waals surface area contributed by atoms with Gasteiger partial charge in [0.25, 0.3) is 0 Å². The van der Waals surface area contributed by atoms with Crippen molar-refractivity contribution in [2.24, 2.45) is 5.92 Å². The average Bonchev–Trinajstić information content (AvgIpc) is 2.77. The zero-order valence-corrected chi connectivity index (χ0v) is 7.00. The van der Waals surface area contributed by atoms with Crippen LogP contribution < -0.4 is 0 Å². The molecule has 64 valence electrons. The van der Waals surface area contributed by atoms with Gasteiger partial charge < -0.3 is 14.2 Å². The Kier molecular flexibility index (Phi) is 1.67. The third kappa shape index (κ3) is 1.08. The molecule has 0 saturated carbocycles. The Hall–Kier alpha value is -0.120. The first-order valence-electron chi connectivity index (χ1n) is 4.07. The number of epoxide rings is 1. The SMILES string of the molecule is CO[C@H]1OCC[C@@]2(CO2)[C@@H]1C. The van der Waals surface area contributed by atoms with Gasteiger partial charge >= 0.3 is 0 Å². The van der Waals surface area contributed by atoms with Crippen molar-refractivity contribution in [1.82, 2.24) is 0 Å². The van der Waals surface area contributed by atoms with Crippen molar-refractivity contribution < 1.29 is 14.2 Å². The summed E-state index contributed by atoms with van der Waals surface area (Å²) in [5, 5.41) is 0. The molecule has 0 N–H and O–H groups in total. The molecular formula is C8H14O3. The van der Waals surface area contributed by atoms with Crippen LogP contribution in [0.2, 0.25) is 0 Å². The maximum atomic E-state index is 5.42. The normalized spacial score (nSPS) is 49.6. The molecule has 0 aliphatic carbocycles. The molecule has 0 aromatic heterocycles. The molecule has 2 aliphatic rings. The smallest absolute Gasteiger partial charge is 0.162 e. The van der Waals surface area contributed by atoms with Crippen molar-refractivity contribution in [1.29, 1.82) is 0 Å². The number of hydrogen-bond donors (Lipinski definition) is 0. The van der Waals surface area contributed by atoms with E-state index in [1.807, 2.05) is 0 Å². The first-order valence-corrected chi connectivity index (χ1v) is 4.07. The molecule has 0 aromatic carbocycles. The summed E-state index contributed by atoms with van der Waals surface area (Å²) in [6.45, 7) is 3.78. The molecule has 0 radical (unpaired) electrons. The molecule has 3 nitrogen and oxygen atoms in total. The van der Waals surface area contributed by atoms with E-state index in [1.54, 1.807) is 7.11 Å². The molecule has 3 heteroatoms. The number of ether oxygens (including phenoxy) is 3. The number of rotatable bonds is 1. The third-order valence-electron chi connectivity index (χ3n) is 2.79. The van der Waals surface area contributed by atoms with E-state index in [9.17, 15) is 0 Å². The van der Waals surface area contributed by atoms with Crippen LogP contribution in [0, 0.1) is 5.92 Å². The predicted octanol–water partition coefficient (Wildman–Crippen LogP) is 0.784. The van der Waals surface area contributed by atoms with Gasteiger partial charge in [0.15, 0.2) is 6.29 Å². The second kappa shape index (κ2) is 2.44. The van der Waals surface area contributed by atoms with Gasteiger partial charge in [-0.05, 0) is 0 Å². The van der Waals surface area contributed by atoms with E-state index >= 15 is 0 Å². The summed E-state index contributed by atoms with van der Waals surface area (Å²) < 4.78 is 16.0. The molecule has 0 amide bonds.